The Bertz CT molecular complexity index is 638. The van der Waals surface area contributed by atoms with E-state index in [4.69, 9.17) is 4.74 Å². The molecule has 0 saturated carbocycles. The highest BCUT2D eigenvalue weighted by Gasteiger charge is 2.28. The number of hydrogen-bond donors (Lipinski definition) is 1. The van der Waals surface area contributed by atoms with Gasteiger partial charge in [-0.05, 0) is 49.8 Å². The highest BCUT2D eigenvalue weighted by atomic mass is 16.5. The second-order valence-corrected chi connectivity index (χ2v) is 7.58. The molecule has 0 radical (unpaired) electrons. The molecule has 1 aliphatic heterocycles. The molecule has 0 fully saturated rings. The van der Waals surface area contributed by atoms with Gasteiger partial charge in [0.2, 0.25) is 5.91 Å². The molecule has 0 unspecified atom stereocenters. The van der Waals surface area contributed by atoms with Gasteiger partial charge >= 0.3 is 0 Å². The van der Waals surface area contributed by atoms with E-state index >= 15 is 0 Å². The molecule has 0 aromatic heterocycles. The van der Waals surface area contributed by atoms with Gasteiger partial charge in [0.05, 0.1) is 5.69 Å². The van der Waals surface area contributed by atoms with E-state index in [1.54, 1.807) is 4.90 Å². The van der Waals surface area contributed by atoms with Gasteiger partial charge in [-0.3, -0.25) is 9.59 Å². The SMILES string of the molecule is CCC(C)(C)c1ccc2c(c1)N(CCCC(=O)NC(C)C)C(=O)CO2. The first-order valence-electron chi connectivity index (χ1n) is 9.11. The quantitative estimate of drug-likeness (QED) is 0.823. The lowest BCUT2D eigenvalue weighted by Gasteiger charge is -2.32. The van der Waals surface area contributed by atoms with E-state index in [1.165, 1.54) is 5.56 Å². The number of anilines is 1. The molecule has 0 aliphatic carbocycles. The van der Waals surface area contributed by atoms with Crippen LogP contribution in [0.25, 0.3) is 0 Å². The zero-order chi connectivity index (χ0) is 18.6. The normalized spacial score (nSPS) is 14.3. The molecule has 138 valence electrons. The minimum absolute atomic E-state index is 0.0248. The maximum Gasteiger partial charge on any atom is 0.265 e. The van der Waals surface area contributed by atoms with Crippen LogP contribution in [0.3, 0.4) is 0 Å². The summed E-state index contributed by atoms with van der Waals surface area (Å²) in [5, 5.41) is 2.88. The van der Waals surface area contributed by atoms with Crippen molar-refractivity contribution in [3.8, 4) is 5.75 Å². The summed E-state index contributed by atoms with van der Waals surface area (Å²) in [4.78, 5) is 25.9. The number of amides is 2. The highest BCUT2D eigenvalue weighted by molar-refractivity contribution is 5.98. The number of carbonyl (C=O) groups is 2. The molecule has 2 rings (SSSR count). The summed E-state index contributed by atoms with van der Waals surface area (Å²) in [6.45, 7) is 11.0. The Morgan fingerprint density at radius 3 is 2.72 bits per heavy atom. The molecule has 0 spiro atoms. The van der Waals surface area contributed by atoms with E-state index in [2.05, 4.69) is 38.2 Å². The molecule has 5 nitrogen and oxygen atoms in total. The molecule has 1 heterocycles. The summed E-state index contributed by atoms with van der Waals surface area (Å²) < 4.78 is 5.58. The van der Waals surface area contributed by atoms with Crippen molar-refractivity contribution in [1.82, 2.24) is 5.32 Å². The third kappa shape index (κ3) is 4.74. The number of carbonyl (C=O) groups excluding carboxylic acids is 2. The van der Waals surface area contributed by atoms with E-state index in [1.807, 2.05) is 19.9 Å². The van der Waals surface area contributed by atoms with Crippen LogP contribution in [0, 0.1) is 0 Å². The third-order valence-corrected chi connectivity index (χ3v) is 4.80. The van der Waals surface area contributed by atoms with Crippen LogP contribution in [0.4, 0.5) is 5.69 Å². The molecule has 0 saturated heterocycles. The van der Waals surface area contributed by atoms with Gasteiger partial charge in [-0.15, -0.1) is 0 Å². The monoisotopic (exact) mass is 346 g/mol. The summed E-state index contributed by atoms with van der Waals surface area (Å²) in [7, 11) is 0. The number of hydrogen-bond acceptors (Lipinski definition) is 3. The first kappa shape index (κ1) is 19.3. The molecule has 1 aromatic rings. The van der Waals surface area contributed by atoms with E-state index in [-0.39, 0.29) is 29.9 Å². The molecule has 25 heavy (non-hydrogen) atoms. The van der Waals surface area contributed by atoms with Gasteiger partial charge in [-0.1, -0.05) is 26.8 Å². The summed E-state index contributed by atoms with van der Waals surface area (Å²) >= 11 is 0. The van der Waals surface area contributed by atoms with Crippen molar-refractivity contribution in [1.29, 1.82) is 0 Å². The van der Waals surface area contributed by atoms with Gasteiger partial charge in [-0.25, -0.2) is 0 Å². The fraction of sp³-hybridized carbons (Fsp3) is 0.600. The Balaban J connectivity index is 2.13. The van der Waals surface area contributed by atoms with Crippen molar-refractivity contribution in [2.24, 2.45) is 0 Å². The highest BCUT2D eigenvalue weighted by Crippen LogP contribution is 2.37. The van der Waals surface area contributed by atoms with Crippen LogP contribution in [0.5, 0.6) is 5.75 Å². The lowest BCUT2D eigenvalue weighted by Crippen LogP contribution is -2.40. The van der Waals surface area contributed by atoms with Crippen LogP contribution in [0.2, 0.25) is 0 Å². The summed E-state index contributed by atoms with van der Waals surface area (Å²) in [5.41, 5.74) is 2.05. The van der Waals surface area contributed by atoms with Crippen molar-refractivity contribution in [2.45, 2.75) is 65.3 Å². The summed E-state index contributed by atoms with van der Waals surface area (Å²) in [5.74, 6) is 0.710. The maximum atomic E-state index is 12.3. The maximum absolute atomic E-state index is 12.3. The molecule has 5 heteroatoms. The zero-order valence-electron chi connectivity index (χ0n) is 16.0. The van der Waals surface area contributed by atoms with Crippen LogP contribution in [0.15, 0.2) is 18.2 Å². The Labute approximate surface area is 150 Å². The lowest BCUT2D eigenvalue weighted by molar-refractivity contribution is -0.123. The van der Waals surface area contributed by atoms with Crippen molar-refractivity contribution in [3.63, 3.8) is 0 Å². The first-order chi connectivity index (χ1) is 11.7. The molecule has 1 N–H and O–H groups in total. The molecular formula is C20H30N2O3. The van der Waals surface area contributed by atoms with Crippen molar-refractivity contribution in [3.05, 3.63) is 23.8 Å². The van der Waals surface area contributed by atoms with Crippen LogP contribution in [-0.2, 0) is 15.0 Å². The number of ether oxygens (including phenoxy) is 1. The van der Waals surface area contributed by atoms with E-state index in [0.717, 1.165) is 17.9 Å². The van der Waals surface area contributed by atoms with E-state index in [0.29, 0.717) is 19.4 Å². The predicted molar refractivity (Wildman–Crippen MR) is 100 cm³/mol. The van der Waals surface area contributed by atoms with Crippen molar-refractivity contribution in [2.75, 3.05) is 18.1 Å². The smallest absolute Gasteiger partial charge is 0.265 e. The lowest BCUT2D eigenvalue weighted by atomic mass is 9.82. The molecule has 1 aromatic carbocycles. The average Bonchev–Trinajstić information content (AvgIpc) is 2.55. The van der Waals surface area contributed by atoms with Crippen LogP contribution < -0.4 is 15.0 Å². The van der Waals surface area contributed by atoms with Gasteiger partial charge in [-0.2, -0.15) is 0 Å². The Morgan fingerprint density at radius 2 is 2.08 bits per heavy atom. The minimum Gasteiger partial charge on any atom is -0.482 e. The first-order valence-corrected chi connectivity index (χ1v) is 9.11. The number of fused-ring (bicyclic) bond motifs is 1. The van der Waals surface area contributed by atoms with Crippen LogP contribution in [0.1, 0.15) is 59.4 Å². The topological polar surface area (TPSA) is 58.6 Å². The van der Waals surface area contributed by atoms with Gasteiger partial charge in [0.25, 0.3) is 5.91 Å². The summed E-state index contributed by atoms with van der Waals surface area (Å²) in [6, 6.07) is 6.22. The molecule has 1 aliphatic rings. The average molecular weight is 346 g/mol. The third-order valence-electron chi connectivity index (χ3n) is 4.80. The Kier molecular flexibility index (Phi) is 6.09. The number of nitrogens with one attached hydrogen (secondary N) is 1. The standard InChI is InChI=1S/C20H30N2O3/c1-6-20(4,5)15-9-10-17-16(12-15)22(19(24)13-25-17)11-7-8-18(23)21-14(2)3/h9-10,12,14H,6-8,11,13H2,1-5H3,(H,21,23). The van der Waals surface area contributed by atoms with E-state index < -0.39 is 0 Å². The largest absolute Gasteiger partial charge is 0.482 e. The minimum atomic E-state index is -0.0526. The van der Waals surface area contributed by atoms with Crippen molar-refractivity contribution >= 4 is 17.5 Å². The molecular weight excluding hydrogens is 316 g/mol. The molecule has 0 bridgehead atoms. The Hall–Kier alpha value is -2.04. The second kappa shape index (κ2) is 7.89. The zero-order valence-corrected chi connectivity index (χ0v) is 16.0. The van der Waals surface area contributed by atoms with Crippen LogP contribution >= 0.6 is 0 Å². The predicted octanol–water partition coefficient (Wildman–Crippen LogP) is 3.40. The number of benzene rings is 1. The second-order valence-electron chi connectivity index (χ2n) is 7.58. The molecule has 2 amide bonds. The Morgan fingerprint density at radius 1 is 1.36 bits per heavy atom. The fourth-order valence-electron chi connectivity index (χ4n) is 2.86. The number of nitrogens with zero attached hydrogens (tertiary/aromatic N) is 1. The van der Waals surface area contributed by atoms with Crippen LogP contribution in [-0.4, -0.2) is 31.0 Å². The number of rotatable bonds is 7. The summed E-state index contributed by atoms with van der Waals surface area (Å²) in [6.07, 6.45) is 2.05. The van der Waals surface area contributed by atoms with Gasteiger partial charge in [0.15, 0.2) is 6.61 Å². The molecule has 0 atom stereocenters. The van der Waals surface area contributed by atoms with Gasteiger partial charge in [0, 0.05) is 19.0 Å². The van der Waals surface area contributed by atoms with Gasteiger partial charge < -0.3 is 15.0 Å². The van der Waals surface area contributed by atoms with Gasteiger partial charge in [0.1, 0.15) is 5.75 Å². The fourth-order valence-corrected chi connectivity index (χ4v) is 2.86. The van der Waals surface area contributed by atoms with Crippen molar-refractivity contribution < 1.29 is 14.3 Å². The van der Waals surface area contributed by atoms with E-state index in [9.17, 15) is 9.59 Å².